The number of nitrogens with zero attached hydrogens (tertiary/aromatic N) is 2. The van der Waals surface area contributed by atoms with Crippen LogP contribution in [-0.4, -0.2) is 43.2 Å². The monoisotopic (exact) mass is 295 g/mol. The zero-order valence-electron chi connectivity index (χ0n) is 11.0. The van der Waals surface area contributed by atoms with Crippen molar-refractivity contribution in [2.75, 3.05) is 17.8 Å². The van der Waals surface area contributed by atoms with Crippen molar-refractivity contribution < 1.29 is 13.2 Å². The number of piperidine rings is 1. The predicted octanol–water partition coefficient (Wildman–Crippen LogP) is 0.780. The molecule has 1 aromatic rings. The lowest BCUT2D eigenvalue weighted by molar-refractivity contribution is -0.119. The molecule has 1 aromatic carbocycles. The van der Waals surface area contributed by atoms with Gasteiger partial charge >= 0.3 is 10.2 Å². The molecule has 0 spiro atoms. The van der Waals surface area contributed by atoms with Gasteiger partial charge in [-0.05, 0) is 24.5 Å². The van der Waals surface area contributed by atoms with Gasteiger partial charge in [0.05, 0.1) is 5.69 Å². The number of carbonyl (C=O) groups is 1. The minimum atomic E-state index is -3.48. The summed E-state index contributed by atoms with van der Waals surface area (Å²) in [7, 11) is -3.48. The molecule has 0 radical (unpaired) electrons. The number of carbonyl (C=O) groups excluding carboxylic acids is 1. The number of anilines is 1. The van der Waals surface area contributed by atoms with Gasteiger partial charge in [0, 0.05) is 25.7 Å². The Kier molecular flexibility index (Phi) is 3.39. The number of amides is 1. The summed E-state index contributed by atoms with van der Waals surface area (Å²) in [6.45, 7) is 1.63. The van der Waals surface area contributed by atoms with Gasteiger partial charge in [0.1, 0.15) is 0 Å². The average molecular weight is 295 g/mol. The molecule has 1 N–H and O–H groups in total. The molecule has 6 nitrogen and oxygen atoms in total. The van der Waals surface area contributed by atoms with Crippen LogP contribution in [-0.2, 0) is 21.5 Å². The third kappa shape index (κ3) is 2.38. The predicted molar refractivity (Wildman–Crippen MR) is 75.2 cm³/mol. The number of hydrogen-bond acceptors (Lipinski definition) is 3. The van der Waals surface area contributed by atoms with E-state index in [1.54, 1.807) is 11.0 Å². The smallest absolute Gasteiger partial charge is 0.302 e. The summed E-state index contributed by atoms with van der Waals surface area (Å²) in [5, 5.41) is 0. The number of para-hydroxylation sites is 1. The molecule has 7 heteroatoms. The largest absolute Gasteiger partial charge is 0.345 e. The van der Waals surface area contributed by atoms with Gasteiger partial charge in [-0.2, -0.15) is 12.7 Å². The second-order valence-corrected chi connectivity index (χ2v) is 6.81. The van der Waals surface area contributed by atoms with E-state index in [1.165, 1.54) is 4.31 Å². The van der Waals surface area contributed by atoms with E-state index < -0.39 is 10.2 Å². The molecule has 2 aliphatic heterocycles. The van der Waals surface area contributed by atoms with Crippen LogP contribution in [0.5, 0.6) is 0 Å². The van der Waals surface area contributed by atoms with Crippen molar-refractivity contribution in [2.45, 2.75) is 25.4 Å². The maximum Gasteiger partial charge on any atom is 0.302 e. The maximum atomic E-state index is 12.3. The lowest BCUT2D eigenvalue weighted by atomic mass is 10.0. The van der Waals surface area contributed by atoms with E-state index in [2.05, 4.69) is 4.72 Å². The molecule has 0 atom stereocenters. The number of benzene rings is 1. The Balaban J connectivity index is 1.82. The van der Waals surface area contributed by atoms with Gasteiger partial charge in [-0.1, -0.05) is 18.2 Å². The summed E-state index contributed by atoms with van der Waals surface area (Å²) < 4.78 is 28.8. The van der Waals surface area contributed by atoms with E-state index >= 15 is 0 Å². The molecule has 2 heterocycles. The first kappa shape index (κ1) is 13.4. The van der Waals surface area contributed by atoms with E-state index in [0.29, 0.717) is 38.2 Å². The number of hydrogen-bond donors (Lipinski definition) is 1. The molecule has 2 aliphatic rings. The fraction of sp³-hybridized carbons (Fsp3) is 0.462. The fourth-order valence-electron chi connectivity index (χ4n) is 2.81. The van der Waals surface area contributed by atoms with Crippen LogP contribution in [0.3, 0.4) is 0 Å². The lowest BCUT2D eigenvalue weighted by Crippen LogP contribution is -2.50. The van der Waals surface area contributed by atoms with E-state index in [0.717, 1.165) is 12.0 Å². The Morgan fingerprint density at radius 3 is 2.60 bits per heavy atom. The first-order valence-electron chi connectivity index (χ1n) is 6.67. The van der Waals surface area contributed by atoms with Gasteiger partial charge in [0.25, 0.3) is 0 Å². The number of fused-ring (bicyclic) bond motifs is 1. The highest BCUT2D eigenvalue weighted by atomic mass is 32.2. The van der Waals surface area contributed by atoms with E-state index in [-0.39, 0.29) is 6.04 Å². The van der Waals surface area contributed by atoms with E-state index in [9.17, 15) is 13.2 Å². The van der Waals surface area contributed by atoms with Gasteiger partial charge in [-0.25, -0.2) is 0 Å². The number of rotatable bonds is 2. The molecular formula is C13H17N3O3S. The second-order valence-electron chi connectivity index (χ2n) is 5.18. The van der Waals surface area contributed by atoms with Crippen LogP contribution >= 0.6 is 0 Å². The number of likely N-dealkylation sites (tertiary alicyclic amines) is 1. The highest BCUT2D eigenvalue weighted by Crippen LogP contribution is 2.30. The molecule has 108 valence electrons. The van der Waals surface area contributed by atoms with Gasteiger partial charge in [0.15, 0.2) is 0 Å². The van der Waals surface area contributed by atoms with Crippen molar-refractivity contribution in [3.8, 4) is 0 Å². The van der Waals surface area contributed by atoms with Crippen molar-refractivity contribution >= 4 is 22.3 Å². The Bertz CT molecular complexity index is 609. The molecule has 0 saturated carbocycles. The SMILES string of the molecule is O=CN1CCC(N2Cc3ccccc3NS2(=O)=O)CC1. The zero-order valence-corrected chi connectivity index (χ0v) is 11.8. The summed E-state index contributed by atoms with van der Waals surface area (Å²) in [6.07, 6.45) is 2.19. The summed E-state index contributed by atoms with van der Waals surface area (Å²) in [5.74, 6) is 0. The topological polar surface area (TPSA) is 69.7 Å². The fourth-order valence-corrected chi connectivity index (χ4v) is 4.32. The Morgan fingerprint density at radius 1 is 1.20 bits per heavy atom. The van der Waals surface area contributed by atoms with Crippen LogP contribution in [0.1, 0.15) is 18.4 Å². The molecule has 3 rings (SSSR count). The molecule has 1 saturated heterocycles. The van der Waals surface area contributed by atoms with Crippen LogP contribution < -0.4 is 4.72 Å². The highest BCUT2D eigenvalue weighted by molar-refractivity contribution is 7.90. The van der Waals surface area contributed by atoms with Gasteiger partial charge < -0.3 is 4.90 Å². The Labute approximate surface area is 118 Å². The third-order valence-electron chi connectivity index (χ3n) is 3.95. The van der Waals surface area contributed by atoms with Gasteiger partial charge in [-0.15, -0.1) is 0 Å². The molecule has 1 amide bonds. The van der Waals surface area contributed by atoms with Gasteiger partial charge in [-0.3, -0.25) is 9.52 Å². The molecule has 0 bridgehead atoms. The summed E-state index contributed by atoms with van der Waals surface area (Å²) in [5.41, 5.74) is 1.65. The third-order valence-corrected chi connectivity index (χ3v) is 5.47. The van der Waals surface area contributed by atoms with Crippen LogP contribution in [0.15, 0.2) is 24.3 Å². The van der Waals surface area contributed by atoms with Crippen LogP contribution in [0.2, 0.25) is 0 Å². The van der Waals surface area contributed by atoms with Crippen LogP contribution in [0, 0.1) is 0 Å². The molecule has 0 aliphatic carbocycles. The molecule has 0 aromatic heterocycles. The van der Waals surface area contributed by atoms with Crippen molar-refractivity contribution in [1.82, 2.24) is 9.21 Å². The molecule has 1 fully saturated rings. The second kappa shape index (κ2) is 5.06. The number of nitrogens with one attached hydrogen (secondary N) is 1. The summed E-state index contributed by atoms with van der Waals surface area (Å²) >= 11 is 0. The van der Waals surface area contributed by atoms with Crippen molar-refractivity contribution in [1.29, 1.82) is 0 Å². The molecular weight excluding hydrogens is 278 g/mol. The zero-order chi connectivity index (χ0) is 14.2. The normalized spacial score (nSPS) is 22.9. The van der Waals surface area contributed by atoms with Crippen LogP contribution in [0.25, 0.3) is 0 Å². The van der Waals surface area contributed by atoms with Crippen molar-refractivity contribution in [2.24, 2.45) is 0 Å². The Morgan fingerprint density at radius 2 is 1.90 bits per heavy atom. The molecule has 20 heavy (non-hydrogen) atoms. The maximum absolute atomic E-state index is 12.3. The first-order chi connectivity index (χ1) is 9.60. The standard InChI is InChI=1S/C13H17N3O3S/c17-10-15-7-5-12(6-8-15)16-9-11-3-1-2-4-13(11)14-20(16,18)19/h1-4,10,12,14H,5-9H2. The first-order valence-corrected chi connectivity index (χ1v) is 8.11. The average Bonchev–Trinajstić information content (AvgIpc) is 2.46. The van der Waals surface area contributed by atoms with Crippen LogP contribution in [0.4, 0.5) is 5.69 Å². The van der Waals surface area contributed by atoms with E-state index in [1.807, 2.05) is 18.2 Å². The van der Waals surface area contributed by atoms with Crippen molar-refractivity contribution in [3.63, 3.8) is 0 Å². The Hall–Kier alpha value is -1.60. The highest BCUT2D eigenvalue weighted by Gasteiger charge is 2.36. The van der Waals surface area contributed by atoms with E-state index in [4.69, 9.17) is 0 Å². The lowest BCUT2D eigenvalue weighted by Gasteiger charge is -2.38. The minimum Gasteiger partial charge on any atom is -0.345 e. The quantitative estimate of drug-likeness (QED) is 0.820. The summed E-state index contributed by atoms with van der Waals surface area (Å²) in [4.78, 5) is 12.4. The molecule has 0 unspecified atom stereocenters. The minimum absolute atomic E-state index is 0.0444. The summed E-state index contributed by atoms with van der Waals surface area (Å²) in [6, 6.07) is 7.40. The van der Waals surface area contributed by atoms with Gasteiger partial charge in [0.2, 0.25) is 6.41 Å². The van der Waals surface area contributed by atoms with Crippen molar-refractivity contribution in [3.05, 3.63) is 29.8 Å².